The molecule has 1 N–H and O–H groups in total. The highest BCUT2D eigenvalue weighted by Crippen LogP contribution is 2.13. The molecule has 0 bridgehead atoms. The van der Waals surface area contributed by atoms with Gasteiger partial charge in [0.05, 0.1) is 13.2 Å². The van der Waals surface area contributed by atoms with Gasteiger partial charge in [0.1, 0.15) is 5.76 Å². The maximum Gasteiger partial charge on any atom is 0.289 e. The van der Waals surface area contributed by atoms with Gasteiger partial charge in [0, 0.05) is 13.1 Å². The molecule has 0 saturated heterocycles. The molecule has 1 aromatic heterocycles. The maximum atomic E-state index is 12.1. The fraction of sp³-hybridized carbons (Fsp3) is 0.643. The molecule has 0 aliphatic rings. The Bertz CT molecular complexity index is 386. The molecule has 0 unspecified atom stereocenters. The summed E-state index contributed by atoms with van der Waals surface area (Å²) in [6.45, 7) is 9.55. The summed E-state index contributed by atoms with van der Waals surface area (Å²) in [6, 6.07) is 3.56. The van der Waals surface area contributed by atoms with Crippen LogP contribution in [0.5, 0.6) is 0 Å². The van der Waals surface area contributed by atoms with Crippen LogP contribution < -0.4 is 0 Å². The molecule has 1 amide bonds. The van der Waals surface area contributed by atoms with Crippen LogP contribution in [0.15, 0.2) is 16.5 Å². The highest BCUT2D eigenvalue weighted by Gasteiger charge is 2.17. The monoisotopic (exact) mass is 268 g/mol. The zero-order valence-electron chi connectivity index (χ0n) is 12.1. The zero-order valence-corrected chi connectivity index (χ0v) is 12.1. The van der Waals surface area contributed by atoms with E-state index in [0.29, 0.717) is 25.4 Å². The standard InChI is InChI=1S/C14H24N2O3/c1-4-15(5-2)11-12-7-8-13(19-12)14(18)16(6-3)9-10-17/h7-8,17H,4-6,9-11H2,1-3H3. The molecule has 0 aliphatic heterocycles. The average molecular weight is 268 g/mol. The molecule has 108 valence electrons. The van der Waals surface area contributed by atoms with Gasteiger partial charge in [-0.25, -0.2) is 0 Å². The number of rotatable bonds is 8. The van der Waals surface area contributed by atoms with Gasteiger partial charge in [0.15, 0.2) is 5.76 Å². The van der Waals surface area contributed by atoms with Crippen LogP contribution in [0.1, 0.15) is 37.1 Å². The van der Waals surface area contributed by atoms with Gasteiger partial charge < -0.3 is 14.4 Å². The Labute approximate surface area is 114 Å². The molecule has 0 saturated carbocycles. The van der Waals surface area contributed by atoms with E-state index in [-0.39, 0.29) is 12.5 Å². The number of aliphatic hydroxyl groups excluding tert-OH is 1. The maximum absolute atomic E-state index is 12.1. The summed E-state index contributed by atoms with van der Waals surface area (Å²) in [6.07, 6.45) is 0. The number of carbonyl (C=O) groups excluding carboxylic acids is 1. The summed E-state index contributed by atoms with van der Waals surface area (Å²) in [5.74, 6) is 0.979. The quantitative estimate of drug-likeness (QED) is 0.777. The predicted octanol–water partition coefficient (Wildman–Crippen LogP) is 1.58. The number of carbonyl (C=O) groups is 1. The Morgan fingerprint density at radius 3 is 2.42 bits per heavy atom. The lowest BCUT2D eigenvalue weighted by Crippen LogP contribution is -2.33. The fourth-order valence-corrected chi connectivity index (χ4v) is 1.93. The summed E-state index contributed by atoms with van der Waals surface area (Å²) < 4.78 is 5.59. The van der Waals surface area contributed by atoms with E-state index in [1.165, 1.54) is 0 Å². The summed E-state index contributed by atoms with van der Waals surface area (Å²) in [7, 11) is 0. The van der Waals surface area contributed by atoms with Crippen molar-refractivity contribution in [2.24, 2.45) is 0 Å². The lowest BCUT2D eigenvalue weighted by atomic mass is 10.3. The summed E-state index contributed by atoms with van der Waals surface area (Å²) in [5, 5.41) is 8.92. The van der Waals surface area contributed by atoms with E-state index in [0.717, 1.165) is 18.8 Å². The minimum Gasteiger partial charge on any atom is -0.455 e. The second kappa shape index (κ2) is 7.96. The van der Waals surface area contributed by atoms with Crippen molar-refractivity contribution < 1.29 is 14.3 Å². The van der Waals surface area contributed by atoms with E-state index in [1.54, 1.807) is 11.0 Å². The van der Waals surface area contributed by atoms with Crippen LogP contribution in [0, 0.1) is 0 Å². The molecule has 1 rings (SSSR count). The molecule has 0 fully saturated rings. The average Bonchev–Trinajstić information content (AvgIpc) is 2.89. The number of aliphatic hydroxyl groups is 1. The lowest BCUT2D eigenvalue weighted by Gasteiger charge is -2.18. The van der Waals surface area contributed by atoms with Gasteiger partial charge >= 0.3 is 0 Å². The molecule has 5 nitrogen and oxygen atoms in total. The van der Waals surface area contributed by atoms with E-state index in [4.69, 9.17) is 9.52 Å². The van der Waals surface area contributed by atoms with E-state index in [2.05, 4.69) is 18.7 Å². The molecule has 19 heavy (non-hydrogen) atoms. The lowest BCUT2D eigenvalue weighted by molar-refractivity contribution is 0.0696. The number of hydrogen-bond donors (Lipinski definition) is 1. The second-order valence-electron chi connectivity index (χ2n) is 4.34. The van der Waals surface area contributed by atoms with E-state index >= 15 is 0 Å². The van der Waals surface area contributed by atoms with E-state index < -0.39 is 0 Å². The van der Waals surface area contributed by atoms with Crippen molar-refractivity contribution in [1.29, 1.82) is 0 Å². The van der Waals surface area contributed by atoms with Crippen LogP contribution in [0.4, 0.5) is 0 Å². The van der Waals surface area contributed by atoms with Crippen LogP contribution in [-0.4, -0.2) is 53.6 Å². The van der Waals surface area contributed by atoms with Crippen molar-refractivity contribution in [1.82, 2.24) is 9.80 Å². The summed E-state index contributed by atoms with van der Waals surface area (Å²) >= 11 is 0. The second-order valence-corrected chi connectivity index (χ2v) is 4.34. The van der Waals surface area contributed by atoms with Gasteiger partial charge in [-0.05, 0) is 32.1 Å². The normalized spacial score (nSPS) is 11.0. The molecular weight excluding hydrogens is 244 g/mol. The van der Waals surface area contributed by atoms with Gasteiger partial charge in [0.25, 0.3) is 5.91 Å². The van der Waals surface area contributed by atoms with Crippen molar-refractivity contribution in [3.05, 3.63) is 23.7 Å². The summed E-state index contributed by atoms with van der Waals surface area (Å²) in [4.78, 5) is 15.9. The van der Waals surface area contributed by atoms with E-state index in [1.807, 2.05) is 13.0 Å². The van der Waals surface area contributed by atoms with Crippen molar-refractivity contribution in [3.8, 4) is 0 Å². The van der Waals surface area contributed by atoms with Crippen molar-refractivity contribution in [2.45, 2.75) is 27.3 Å². The first-order chi connectivity index (χ1) is 9.15. The predicted molar refractivity (Wildman–Crippen MR) is 74.0 cm³/mol. The number of hydrogen-bond acceptors (Lipinski definition) is 4. The Balaban J connectivity index is 2.70. The first-order valence-corrected chi connectivity index (χ1v) is 6.87. The molecule has 1 heterocycles. The highest BCUT2D eigenvalue weighted by atomic mass is 16.4. The number of furan rings is 1. The first kappa shape index (κ1) is 15.7. The fourth-order valence-electron chi connectivity index (χ4n) is 1.93. The smallest absolute Gasteiger partial charge is 0.289 e. The van der Waals surface area contributed by atoms with Crippen LogP contribution in [0.2, 0.25) is 0 Å². The molecule has 0 aliphatic carbocycles. The Morgan fingerprint density at radius 2 is 1.89 bits per heavy atom. The van der Waals surface area contributed by atoms with Gasteiger partial charge in [-0.2, -0.15) is 0 Å². The summed E-state index contributed by atoms with van der Waals surface area (Å²) in [5.41, 5.74) is 0. The van der Waals surface area contributed by atoms with Gasteiger partial charge in [-0.3, -0.25) is 9.69 Å². The topological polar surface area (TPSA) is 56.9 Å². The van der Waals surface area contributed by atoms with Crippen LogP contribution >= 0.6 is 0 Å². The third-order valence-electron chi connectivity index (χ3n) is 3.19. The van der Waals surface area contributed by atoms with E-state index in [9.17, 15) is 4.79 Å². The van der Waals surface area contributed by atoms with Gasteiger partial charge in [0.2, 0.25) is 0 Å². The number of amides is 1. The zero-order chi connectivity index (χ0) is 14.3. The molecular formula is C14H24N2O3. The van der Waals surface area contributed by atoms with Gasteiger partial charge in [-0.15, -0.1) is 0 Å². The minimum atomic E-state index is -0.164. The Hall–Kier alpha value is -1.33. The van der Waals surface area contributed by atoms with Crippen molar-refractivity contribution >= 4 is 5.91 Å². The van der Waals surface area contributed by atoms with Crippen molar-refractivity contribution in [2.75, 3.05) is 32.8 Å². The molecule has 0 atom stereocenters. The molecule has 1 aromatic rings. The number of likely N-dealkylation sites (N-methyl/N-ethyl adjacent to an activating group) is 1. The molecule has 0 radical (unpaired) electrons. The van der Waals surface area contributed by atoms with Crippen LogP contribution in [0.3, 0.4) is 0 Å². The van der Waals surface area contributed by atoms with Crippen molar-refractivity contribution in [3.63, 3.8) is 0 Å². The Kier molecular flexibility index (Phi) is 6.59. The molecule has 5 heteroatoms. The Morgan fingerprint density at radius 1 is 1.21 bits per heavy atom. The largest absolute Gasteiger partial charge is 0.455 e. The number of nitrogens with zero attached hydrogens (tertiary/aromatic N) is 2. The van der Waals surface area contributed by atoms with Crippen LogP contribution in [-0.2, 0) is 6.54 Å². The van der Waals surface area contributed by atoms with Gasteiger partial charge in [-0.1, -0.05) is 13.8 Å². The third kappa shape index (κ3) is 4.36. The SMILES string of the molecule is CCN(CC)Cc1ccc(C(=O)N(CC)CCO)o1. The third-order valence-corrected chi connectivity index (χ3v) is 3.19. The minimum absolute atomic E-state index is 0.0351. The highest BCUT2D eigenvalue weighted by molar-refractivity contribution is 5.91. The van der Waals surface area contributed by atoms with Crippen LogP contribution in [0.25, 0.3) is 0 Å². The molecule has 0 aromatic carbocycles. The first-order valence-electron chi connectivity index (χ1n) is 6.87. The molecule has 0 spiro atoms.